The van der Waals surface area contributed by atoms with Crippen molar-refractivity contribution in [3.63, 3.8) is 0 Å². The number of rotatable bonds is 1. The first-order chi connectivity index (χ1) is 12.8. The second kappa shape index (κ2) is 4.94. The molecule has 0 spiro atoms. The lowest BCUT2D eigenvalue weighted by Crippen LogP contribution is -2.57. The molecule has 0 aromatic heterocycles. The van der Waals surface area contributed by atoms with E-state index in [1.165, 1.54) is 23.9 Å². The van der Waals surface area contributed by atoms with Crippen LogP contribution in [0.4, 0.5) is 0 Å². The number of imide groups is 2. The highest BCUT2D eigenvalue weighted by atomic mass is 16.2. The van der Waals surface area contributed by atoms with E-state index in [2.05, 4.69) is 0 Å². The molecule has 3 aliphatic carbocycles. The molecule has 2 heterocycles. The lowest BCUT2D eigenvalue weighted by Gasteiger charge is -2.54. The third-order valence-electron chi connectivity index (χ3n) is 7.19. The lowest BCUT2D eigenvalue weighted by molar-refractivity contribution is -0.144. The predicted molar refractivity (Wildman–Crippen MR) is 95.5 cm³/mol. The Bertz CT molecular complexity index is 904. The van der Waals surface area contributed by atoms with Crippen molar-refractivity contribution in [2.45, 2.75) is 6.92 Å². The van der Waals surface area contributed by atoms with Gasteiger partial charge in [0.05, 0.1) is 23.7 Å². The molecule has 1 saturated carbocycles. The molecule has 5 aliphatic rings. The van der Waals surface area contributed by atoms with Crippen LogP contribution in [0.5, 0.6) is 0 Å². The third-order valence-corrected chi connectivity index (χ3v) is 7.19. The van der Waals surface area contributed by atoms with Gasteiger partial charge in [-0.1, -0.05) is 43.3 Å². The Morgan fingerprint density at radius 1 is 0.741 bits per heavy atom. The van der Waals surface area contributed by atoms with Crippen LogP contribution in [0.3, 0.4) is 0 Å². The maximum Gasteiger partial charge on any atom is 0.233 e. The monoisotopic (exact) mass is 364 g/mol. The van der Waals surface area contributed by atoms with Gasteiger partial charge in [0.25, 0.3) is 0 Å². The quantitative estimate of drug-likeness (QED) is 0.702. The minimum absolute atomic E-state index is 0.240. The standard InChI is InChI=1S/C21H20N2O4/c1-21-9-11(10-7-5-4-6-8-10)12(13-15(21)19(26)22(2)17(13)24)14-16(21)20(27)23(3)18(14)25/h4-9,12-16H,1-3H3/t12?,13-,14+,15+,16-,21?. The highest BCUT2D eigenvalue weighted by Crippen LogP contribution is 2.66. The average molecular weight is 364 g/mol. The van der Waals surface area contributed by atoms with Crippen LogP contribution in [-0.4, -0.2) is 47.5 Å². The van der Waals surface area contributed by atoms with Crippen LogP contribution in [0.1, 0.15) is 12.5 Å². The van der Waals surface area contributed by atoms with E-state index in [4.69, 9.17) is 0 Å². The van der Waals surface area contributed by atoms with E-state index >= 15 is 0 Å². The molecule has 3 fully saturated rings. The van der Waals surface area contributed by atoms with Gasteiger partial charge in [0.2, 0.25) is 23.6 Å². The van der Waals surface area contributed by atoms with Crippen LogP contribution in [0.2, 0.25) is 0 Å². The molecular weight excluding hydrogens is 344 g/mol. The Morgan fingerprint density at radius 2 is 1.22 bits per heavy atom. The molecule has 0 N–H and O–H groups in total. The third kappa shape index (κ3) is 1.71. The summed E-state index contributed by atoms with van der Waals surface area (Å²) in [5, 5.41) is 0. The summed E-state index contributed by atoms with van der Waals surface area (Å²) < 4.78 is 0. The van der Waals surface area contributed by atoms with Crippen LogP contribution in [0, 0.1) is 35.0 Å². The summed E-state index contributed by atoms with van der Waals surface area (Å²) in [6.45, 7) is 1.87. The van der Waals surface area contributed by atoms with Crippen molar-refractivity contribution >= 4 is 29.2 Å². The van der Waals surface area contributed by atoms with E-state index < -0.39 is 35.0 Å². The second-order valence-electron chi connectivity index (χ2n) is 8.34. The summed E-state index contributed by atoms with van der Waals surface area (Å²) in [5.74, 6) is -3.76. The number of hydrogen-bond acceptors (Lipinski definition) is 4. The van der Waals surface area contributed by atoms with Gasteiger partial charge < -0.3 is 0 Å². The molecule has 2 aliphatic heterocycles. The summed E-state index contributed by atoms with van der Waals surface area (Å²) in [7, 11) is 3.00. The topological polar surface area (TPSA) is 74.8 Å². The molecule has 6 heteroatoms. The number of amides is 4. The van der Waals surface area contributed by atoms with Gasteiger partial charge in [-0.25, -0.2) is 0 Å². The molecule has 1 aromatic rings. The number of carbonyl (C=O) groups excluding carboxylic acids is 4. The Hall–Kier alpha value is -2.76. The maximum absolute atomic E-state index is 13.0. The number of benzene rings is 1. The van der Waals surface area contributed by atoms with Gasteiger partial charge in [0.15, 0.2) is 0 Å². The first kappa shape index (κ1) is 16.4. The van der Waals surface area contributed by atoms with Crippen molar-refractivity contribution in [2.24, 2.45) is 35.0 Å². The van der Waals surface area contributed by atoms with Gasteiger partial charge >= 0.3 is 0 Å². The Kier molecular flexibility index (Phi) is 3.00. The zero-order chi connectivity index (χ0) is 19.2. The number of allylic oxidation sites excluding steroid dienone is 2. The molecule has 1 aromatic carbocycles. The summed E-state index contributed by atoms with van der Waals surface area (Å²) in [4.78, 5) is 54.2. The van der Waals surface area contributed by atoms with Crippen molar-refractivity contribution in [3.8, 4) is 0 Å². The first-order valence-corrected chi connectivity index (χ1v) is 9.20. The molecule has 2 saturated heterocycles. The Morgan fingerprint density at radius 3 is 1.70 bits per heavy atom. The van der Waals surface area contributed by atoms with E-state index in [-0.39, 0.29) is 23.6 Å². The minimum atomic E-state index is -0.857. The molecule has 6 rings (SSSR count). The average Bonchev–Trinajstić information content (AvgIpc) is 3.05. The number of nitrogens with zero attached hydrogens (tertiary/aromatic N) is 2. The molecule has 2 bridgehead atoms. The van der Waals surface area contributed by atoms with E-state index in [0.29, 0.717) is 0 Å². The van der Waals surface area contributed by atoms with Crippen LogP contribution in [0.15, 0.2) is 36.4 Å². The first-order valence-electron chi connectivity index (χ1n) is 9.20. The summed E-state index contributed by atoms with van der Waals surface area (Å²) in [6.07, 6.45) is 2.00. The molecule has 6 nitrogen and oxygen atoms in total. The fraction of sp³-hybridized carbons (Fsp3) is 0.429. The Balaban J connectivity index is 1.79. The van der Waals surface area contributed by atoms with Crippen LogP contribution < -0.4 is 0 Å². The van der Waals surface area contributed by atoms with Crippen molar-refractivity contribution in [3.05, 3.63) is 42.0 Å². The van der Waals surface area contributed by atoms with Crippen LogP contribution in [0.25, 0.3) is 5.57 Å². The van der Waals surface area contributed by atoms with Crippen molar-refractivity contribution in [1.29, 1.82) is 0 Å². The number of likely N-dealkylation sites (tertiary alicyclic amines) is 2. The van der Waals surface area contributed by atoms with E-state index in [9.17, 15) is 19.2 Å². The van der Waals surface area contributed by atoms with Gasteiger partial charge in [-0.3, -0.25) is 29.0 Å². The van der Waals surface area contributed by atoms with Gasteiger partial charge in [-0.2, -0.15) is 0 Å². The van der Waals surface area contributed by atoms with Gasteiger partial charge in [0.1, 0.15) is 0 Å². The van der Waals surface area contributed by atoms with Crippen molar-refractivity contribution in [2.75, 3.05) is 14.1 Å². The van der Waals surface area contributed by atoms with Gasteiger partial charge in [-0.05, 0) is 11.1 Å². The highest BCUT2D eigenvalue weighted by molar-refractivity contribution is 6.13. The lowest BCUT2D eigenvalue weighted by atomic mass is 9.45. The predicted octanol–water partition coefficient (Wildman–Crippen LogP) is 1.18. The summed E-state index contributed by atoms with van der Waals surface area (Å²) in [5.41, 5.74) is 0.994. The molecule has 2 unspecified atom stereocenters. The van der Waals surface area contributed by atoms with Crippen LogP contribution in [-0.2, 0) is 19.2 Å². The molecular formula is C21H20N2O4. The van der Waals surface area contributed by atoms with Crippen molar-refractivity contribution < 1.29 is 19.2 Å². The zero-order valence-corrected chi connectivity index (χ0v) is 15.4. The van der Waals surface area contributed by atoms with Crippen molar-refractivity contribution in [1.82, 2.24) is 9.80 Å². The SMILES string of the molecule is CN1C(=O)[C@@H]2C3C(c4ccccc4)=CC(C)([C@@H]2C1=O)[C@H]1C(=O)N(C)C(=O)[C@@H]31. The fourth-order valence-corrected chi connectivity index (χ4v) is 6.02. The van der Waals surface area contributed by atoms with E-state index in [1.807, 2.05) is 43.3 Å². The smallest absolute Gasteiger partial charge is 0.233 e. The second-order valence-corrected chi connectivity index (χ2v) is 8.34. The highest BCUT2D eigenvalue weighted by Gasteiger charge is 2.73. The summed E-state index contributed by atoms with van der Waals surface area (Å²) in [6, 6.07) is 9.65. The van der Waals surface area contributed by atoms with E-state index in [1.54, 1.807) is 0 Å². The zero-order valence-electron chi connectivity index (χ0n) is 15.4. The van der Waals surface area contributed by atoms with Gasteiger partial charge in [0, 0.05) is 25.4 Å². The normalized spacial score (nSPS) is 39.8. The summed E-state index contributed by atoms with van der Waals surface area (Å²) >= 11 is 0. The fourth-order valence-electron chi connectivity index (χ4n) is 6.02. The molecule has 4 amide bonds. The molecule has 6 atom stereocenters. The maximum atomic E-state index is 13.0. The van der Waals surface area contributed by atoms with Gasteiger partial charge in [-0.15, -0.1) is 0 Å². The Labute approximate surface area is 156 Å². The molecule has 138 valence electrons. The van der Waals surface area contributed by atoms with E-state index in [0.717, 1.165) is 11.1 Å². The molecule has 0 radical (unpaired) electrons. The minimum Gasteiger partial charge on any atom is -0.285 e. The number of carbonyl (C=O) groups is 4. The molecule has 27 heavy (non-hydrogen) atoms. The number of hydrogen-bond donors (Lipinski definition) is 0. The largest absolute Gasteiger partial charge is 0.285 e. The van der Waals surface area contributed by atoms with Crippen LogP contribution >= 0.6 is 0 Å².